The average molecular weight is 487 g/mol. The monoisotopic (exact) mass is 487 g/mol. The average Bonchev–Trinajstić information content (AvgIpc) is 3.29. The number of nitrogens with one attached hydrogen (secondary N) is 1. The van der Waals surface area contributed by atoms with Gasteiger partial charge in [0.25, 0.3) is 5.91 Å². The Kier molecular flexibility index (Phi) is 8.48. The number of benzene rings is 2. The van der Waals surface area contributed by atoms with Gasteiger partial charge in [-0.1, -0.05) is 65.8 Å². The summed E-state index contributed by atoms with van der Waals surface area (Å²) in [4.78, 5) is 23.6. The molecule has 1 amide bonds. The number of oxime groups is 1. The molecule has 2 aromatic carbocycles. The quantitative estimate of drug-likeness (QED) is 0.358. The maximum absolute atomic E-state index is 13.6. The first-order chi connectivity index (χ1) is 17.4. The number of carbonyl (C=O) groups excluding carboxylic acids is 1. The lowest BCUT2D eigenvalue weighted by atomic mass is 9.75. The van der Waals surface area contributed by atoms with Crippen LogP contribution < -0.4 is 5.32 Å². The summed E-state index contributed by atoms with van der Waals surface area (Å²) in [7, 11) is -1.74. The molecule has 1 aliphatic rings. The minimum Gasteiger partial charge on any atom is -0.426 e. The van der Waals surface area contributed by atoms with E-state index in [1.807, 2.05) is 79.7 Å². The molecule has 0 fully saturated rings. The molecule has 2 heterocycles. The van der Waals surface area contributed by atoms with Crippen LogP contribution in [0.2, 0.25) is 0 Å². The zero-order chi connectivity index (χ0) is 25.4. The highest BCUT2D eigenvalue weighted by molar-refractivity contribution is 6.43. The summed E-state index contributed by atoms with van der Waals surface area (Å²) in [5.41, 5.74) is 2.97. The zero-order valence-corrected chi connectivity index (χ0v) is 20.2. The van der Waals surface area contributed by atoms with E-state index in [-0.39, 0.29) is 25.9 Å². The van der Waals surface area contributed by atoms with E-state index in [2.05, 4.69) is 15.5 Å². The molecule has 0 saturated heterocycles. The first-order valence-corrected chi connectivity index (χ1v) is 11.9. The Hall–Kier alpha value is -3.53. The van der Waals surface area contributed by atoms with Crippen molar-refractivity contribution in [3.63, 3.8) is 0 Å². The van der Waals surface area contributed by atoms with E-state index < -0.39 is 24.6 Å². The SMILES string of the molecule is Cc1cc(COCC2=NOC(Cc3ccccc3)(C(=O)N[C@@H](Cc3ccccc3)B(O)O)C2)ccn1. The largest absolute Gasteiger partial charge is 0.475 e. The van der Waals surface area contributed by atoms with Crippen molar-refractivity contribution in [3.8, 4) is 0 Å². The van der Waals surface area contributed by atoms with Crippen molar-refractivity contribution in [2.24, 2.45) is 5.16 Å². The van der Waals surface area contributed by atoms with Crippen molar-refractivity contribution >= 4 is 18.7 Å². The maximum atomic E-state index is 13.6. The molecule has 1 unspecified atom stereocenters. The lowest BCUT2D eigenvalue weighted by molar-refractivity contribution is -0.144. The van der Waals surface area contributed by atoms with Gasteiger partial charge in [-0.3, -0.25) is 9.78 Å². The van der Waals surface area contributed by atoms with E-state index in [0.29, 0.717) is 12.3 Å². The topological polar surface area (TPSA) is 113 Å². The number of hydrogen-bond donors (Lipinski definition) is 3. The second-order valence-corrected chi connectivity index (χ2v) is 9.06. The molecule has 36 heavy (non-hydrogen) atoms. The number of hydrogen-bond acceptors (Lipinski definition) is 7. The Morgan fingerprint density at radius 1 is 1.06 bits per heavy atom. The third-order valence-corrected chi connectivity index (χ3v) is 6.06. The van der Waals surface area contributed by atoms with Crippen molar-refractivity contribution in [2.75, 3.05) is 6.61 Å². The lowest BCUT2D eigenvalue weighted by Crippen LogP contribution is -2.56. The van der Waals surface area contributed by atoms with Crippen LogP contribution in [0.25, 0.3) is 0 Å². The minimum absolute atomic E-state index is 0.210. The van der Waals surface area contributed by atoms with Crippen LogP contribution in [-0.2, 0) is 33.8 Å². The Bertz CT molecular complexity index is 1180. The van der Waals surface area contributed by atoms with Gasteiger partial charge in [0, 0.05) is 24.7 Å². The van der Waals surface area contributed by atoms with Gasteiger partial charge in [-0.2, -0.15) is 0 Å². The van der Waals surface area contributed by atoms with Crippen LogP contribution in [0.4, 0.5) is 0 Å². The third kappa shape index (κ3) is 6.78. The normalized spacial score (nSPS) is 17.7. The number of amides is 1. The number of carbonyl (C=O) groups is 1. The first kappa shape index (κ1) is 25.6. The van der Waals surface area contributed by atoms with Gasteiger partial charge in [0.1, 0.15) is 0 Å². The Morgan fingerprint density at radius 2 is 1.75 bits per heavy atom. The fourth-order valence-corrected chi connectivity index (χ4v) is 4.23. The smallest absolute Gasteiger partial charge is 0.426 e. The van der Waals surface area contributed by atoms with Gasteiger partial charge >= 0.3 is 7.12 Å². The molecule has 3 N–H and O–H groups in total. The van der Waals surface area contributed by atoms with Crippen molar-refractivity contribution in [1.82, 2.24) is 10.3 Å². The number of ether oxygens (including phenoxy) is 1. The molecule has 0 spiro atoms. The van der Waals surface area contributed by atoms with E-state index in [4.69, 9.17) is 9.57 Å². The first-order valence-electron chi connectivity index (χ1n) is 11.9. The van der Waals surface area contributed by atoms with Crippen LogP contribution >= 0.6 is 0 Å². The van der Waals surface area contributed by atoms with Gasteiger partial charge in [-0.15, -0.1) is 0 Å². The molecule has 3 aromatic rings. The number of aryl methyl sites for hydroxylation is 1. The third-order valence-electron chi connectivity index (χ3n) is 6.06. The van der Waals surface area contributed by atoms with E-state index >= 15 is 0 Å². The molecule has 8 nitrogen and oxygen atoms in total. The highest BCUT2D eigenvalue weighted by Gasteiger charge is 2.48. The standard InChI is InChI=1S/C27H30BN3O5/c1-20-14-23(12-13-29-20)18-35-19-24-17-27(36-31-24,16-22-10-6-3-7-11-22)26(32)30-25(28(33)34)15-21-8-4-2-5-9-21/h2-14,25,33-34H,15-19H2,1H3,(H,30,32)/t25-,27?/m0/s1. The van der Waals surface area contributed by atoms with Crippen LogP contribution in [-0.4, -0.2) is 51.9 Å². The number of rotatable bonds is 11. The fraction of sp³-hybridized carbons (Fsp3) is 0.296. The summed E-state index contributed by atoms with van der Waals surface area (Å²) in [6.07, 6.45) is 2.49. The van der Waals surface area contributed by atoms with Crippen LogP contribution in [0.15, 0.2) is 84.1 Å². The molecule has 186 valence electrons. The predicted molar refractivity (Wildman–Crippen MR) is 137 cm³/mol. The van der Waals surface area contributed by atoms with E-state index in [9.17, 15) is 14.8 Å². The second kappa shape index (κ2) is 11.9. The van der Waals surface area contributed by atoms with Crippen molar-refractivity contribution in [2.45, 2.75) is 44.3 Å². The summed E-state index contributed by atoms with van der Waals surface area (Å²) in [5, 5.41) is 26.9. The molecule has 1 aliphatic heterocycles. The molecular weight excluding hydrogens is 457 g/mol. The van der Waals surface area contributed by atoms with Crippen LogP contribution in [0.3, 0.4) is 0 Å². The summed E-state index contributed by atoms with van der Waals surface area (Å²) in [5.74, 6) is -1.37. The number of nitrogens with zero attached hydrogens (tertiary/aromatic N) is 2. The zero-order valence-electron chi connectivity index (χ0n) is 20.2. The van der Waals surface area contributed by atoms with Crippen LogP contribution in [0, 0.1) is 6.92 Å². The molecule has 0 radical (unpaired) electrons. The molecule has 1 aromatic heterocycles. The second-order valence-electron chi connectivity index (χ2n) is 9.06. The molecular formula is C27H30BN3O5. The Labute approximate surface area is 211 Å². The maximum Gasteiger partial charge on any atom is 0.475 e. The Morgan fingerprint density at radius 3 is 2.42 bits per heavy atom. The predicted octanol–water partition coefficient (Wildman–Crippen LogP) is 2.40. The molecule has 4 rings (SSSR count). The molecule has 0 aliphatic carbocycles. The van der Waals surface area contributed by atoms with E-state index in [0.717, 1.165) is 22.4 Å². The number of aromatic nitrogens is 1. The molecule has 9 heteroatoms. The van der Waals surface area contributed by atoms with Crippen molar-refractivity contribution in [1.29, 1.82) is 0 Å². The highest BCUT2D eigenvalue weighted by atomic mass is 16.7. The Balaban J connectivity index is 1.45. The summed E-state index contributed by atoms with van der Waals surface area (Å²) in [6, 6.07) is 22.7. The van der Waals surface area contributed by atoms with Gasteiger partial charge in [-0.25, -0.2) is 0 Å². The van der Waals surface area contributed by atoms with Crippen LogP contribution in [0.5, 0.6) is 0 Å². The fourth-order valence-electron chi connectivity index (χ4n) is 4.23. The molecule has 0 bridgehead atoms. The van der Waals surface area contributed by atoms with Crippen LogP contribution in [0.1, 0.15) is 28.8 Å². The summed E-state index contributed by atoms with van der Waals surface area (Å²) >= 11 is 0. The minimum atomic E-state index is -1.74. The summed E-state index contributed by atoms with van der Waals surface area (Å²) in [6.45, 7) is 2.51. The van der Waals surface area contributed by atoms with Gasteiger partial charge in [0.15, 0.2) is 0 Å². The molecule has 0 saturated carbocycles. The molecule has 2 atom stereocenters. The van der Waals surface area contributed by atoms with Gasteiger partial charge in [0.2, 0.25) is 5.60 Å². The van der Waals surface area contributed by atoms with E-state index in [1.165, 1.54) is 0 Å². The number of pyridine rings is 1. The highest BCUT2D eigenvalue weighted by Crippen LogP contribution is 2.29. The summed E-state index contributed by atoms with van der Waals surface area (Å²) < 4.78 is 5.83. The van der Waals surface area contributed by atoms with Crippen molar-refractivity contribution in [3.05, 3.63) is 101 Å². The van der Waals surface area contributed by atoms with Gasteiger partial charge < -0.3 is 24.9 Å². The lowest BCUT2D eigenvalue weighted by Gasteiger charge is -2.28. The van der Waals surface area contributed by atoms with Gasteiger partial charge in [0.05, 0.1) is 24.9 Å². The van der Waals surface area contributed by atoms with Gasteiger partial charge in [-0.05, 0) is 42.2 Å². The van der Waals surface area contributed by atoms with Crippen molar-refractivity contribution < 1.29 is 24.4 Å². The van der Waals surface area contributed by atoms with E-state index in [1.54, 1.807) is 6.20 Å².